The van der Waals surface area contributed by atoms with Crippen LogP contribution in [0.3, 0.4) is 0 Å². The highest BCUT2D eigenvalue weighted by Crippen LogP contribution is 2.30. The maximum Gasteiger partial charge on any atom is 0.274 e. The summed E-state index contributed by atoms with van der Waals surface area (Å²) in [5.41, 5.74) is 2.75. The lowest BCUT2D eigenvalue weighted by Crippen LogP contribution is -2.18. The monoisotopic (exact) mass is 270 g/mol. The first-order valence-electron chi connectivity index (χ1n) is 6.41. The van der Waals surface area contributed by atoms with Crippen LogP contribution in [0.5, 0.6) is 0 Å². The topological polar surface area (TPSA) is 26.9 Å². The second kappa shape index (κ2) is 4.34. The van der Waals surface area contributed by atoms with Gasteiger partial charge in [0.15, 0.2) is 0 Å². The molecule has 0 atom stereocenters. The van der Waals surface area contributed by atoms with Crippen LogP contribution in [-0.2, 0) is 14.1 Å². The molecule has 0 radical (unpaired) electrons. The number of benzene rings is 1. The first kappa shape index (κ1) is 12.7. The Morgan fingerprint density at radius 3 is 2.50 bits per heavy atom. The third-order valence-electron chi connectivity index (χ3n) is 3.77. The van der Waals surface area contributed by atoms with E-state index in [0.29, 0.717) is 11.1 Å². The molecule has 1 aromatic carbocycles. The highest BCUT2D eigenvalue weighted by molar-refractivity contribution is 5.95. The van der Waals surface area contributed by atoms with Gasteiger partial charge in [-0.25, -0.2) is 4.39 Å². The van der Waals surface area contributed by atoms with Crippen LogP contribution in [0.25, 0.3) is 22.0 Å². The number of hydrogen-bond acceptors (Lipinski definition) is 1. The molecule has 3 nitrogen and oxygen atoms in total. The minimum absolute atomic E-state index is 0.0734. The number of pyridine rings is 1. The van der Waals surface area contributed by atoms with Crippen LogP contribution in [0.4, 0.5) is 4.39 Å². The molecule has 0 saturated heterocycles. The van der Waals surface area contributed by atoms with E-state index in [2.05, 4.69) is 0 Å². The Hall–Kier alpha value is -2.36. The number of rotatable bonds is 1. The van der Waals surface area contributed by atoms with Crippen molar-refractivity contribution in [3.05, 3.63) is 58.4 Å². The van der Waals surface area contributed by atoms with Crippen molar-refractivity contribution in [2.24, 2.45) is 14.1 Å². The van der Waals surface area contributed by atoms with Crippen molar-refractivity contribution in [2.45, 2.75) is 6.92 Å². The highest BCUT2D eigenvalue weighted by atomic mass is 19.1. The number of nitrogens with zero attached hydrogens (tertiary/aromatic N) is 2. The van der Waals surface area contributed by atoms with Crippen LogP contribution >= 0.6 is 0 Å². The average Bonchev–Trinajstić information content (AvgIpc) is 2.72. The van der Waals surface area contributed by atoms with E-state index in [9.17, 15) is 9.18 Å². The second-order valence-corrected chi connectivity index (χ2v) is 5.05. The van der Waals surface area contributed by atoms with Crippen molar-refractivity contribution >= 4 is 10.9 Å². The second-order valence-electron chi connectivity index (χ2n) is 5.05. The van der Waals surface area contributed by atoms with Gasteiger partial charge in [0.05, 0.1) is 0 Å². The fourth-order valence-electron chi connectivity index (χ4n) is 2.58. The SMILES string of the molecule is Cc1cc2c(-c3ccccc3F)cn(C)c(=O)c2n1C. The Morgan fingerprint density at radius 2 is 1.80 bits per heavy atom. The molecule has 3 rings (SSSR count). The molecule has 4 heteroatoms. The van der Waals surface area contributed by atoms with Crippen molar-refractivity contribution in [1.82, 2.24) is 9.13 Å². The van der Waals surface area contributed by atoms with E-state index in [1.54, 1.807) is 31.4 Å². The standard InChI is InChI=1S/C16H15FN2O/c1-10-8-12-13(11-6-4-5-7-14(11)17)9-18(2)16(20)15(12)19(10)3/h4-9H,1-3H3. The molecule has 0 amide bonds. The Bertz CT molecular complexity index is 874. The van der Waals surface area contributed by atoms with Gasteiger partial charge >= 0.3 is 0 Å². The van der Waals surface area contributed by atoms with E-state index in [0.717, 1.165) is 16.6 Å². The predicted octanol–water partition coefficient (Wildman–Crippen LogP) is 2.99. The molecule has 0 aliphatic rings. The summed E-state index contributed by atoms with van der Waals surface area (Å²) in [7, 11) is 3.54. The van der Waals surface area contributed by atoms with Crippen LogP contribution in [0, 0.1) is 12.7 Å². The number of aryl methyl sites for hydroxylation is 3. The van der Waals surface area contributed by atoms with Crippen molar-refractivity contribution in [3.8, 4) is 11.1 Å². The Balaban J connectivity index is 2.50. The molecule has 3 aromatic rings. The number of halogens is 1. The quantitative estimate of drug-likeness (QED) is 0.668. The lowest BCUT2D eigenvalue weighted by atomic mass is 10.0. The lowest BCUT2D eigenvalue weighted by Gasteiger charge is -2.08. The zero-order valence-corrected chi connectivity index (χ0v) is 11.6. The van der Waals surface area contributed by atoms with Gasteiger partial charge in [-0.3, -0.25) is 4.79 Å². The van der Waals surface area contributed by atoms with E-state index in [1.807, 2.05) is 24.6 Å². The summed E-state index contributed by atoms with van der Waals surface area (Å²) in [4.78, 5) is 12.3. The van der Waals surface area contributed by atoms with Gasteiger partial charge in [0.25, 0.3) is 5.56 Å². The van der Waals surface area contributed by atoms with Gasteiger partial charge < -0.3 is 9.13 Å². The van der Waals surface area contributed by atoms with Crippen molar-refractivity contribution in [2.75, 3.05) is 0 Å². The summed E-state index contributed by atoms with van der Waals surface area (Å²) in [5, 5.41) is 0.790. The smallest absolute Gasteiger partial charge is 0.274 e. The van der Waals surface area contributed by atoms with E-state index in [1.165, 1.54) is 10.6 Å². The molecule has 2 heterocycles. The molecular formula is C16H15FN2O. The summed E-state index contributed by atoms with van der Waals surface area (Å²) >= 11 is 0. The normalized spacial score (nSPS) is 11.2. The molecule has 0 bridgehead atoms. The molecule has 102 valence electrons. The van der Waals surface area contributed by atoms with Crippen LogP contribution in [0.2, 0.25) is 0 Å². The van der Waals surface area contributed by atoms with E-state index in [-0.39, 0.29) is 11.4 Å². The fraction of sp³-hybridized carbons (Fsp3) is 0.188. The van der Waals surface area contributed by atoms with Crippen LogP contribution < -0.4 is 5.56 Å². The Labute approximate surface area is 115 Å². The van der Waals surface area contributed by atoms with Gasteiger partial charge in [0.2, 0.25) is 0 Å². The van der Waals surface area contributed by atoms with Crippen molar-refractivity contribution in [1.29, 1.82) is 0 Å². The molecule has 0 fully saturated rings. The van der Waals surface area contributed by atoms with Crippen molar-refractivity contribution in [3.63, 3.8) is 0 Å². The molecule has 2 aromatic heterocycles. The molecule has 0 aliphatic heterocycles. The third-order valence-corrected chi connectivity index (χ3v) is 3.77. The molecule has 0 unspecified atom stereocenters. The van der Waals surface area contributed by atoms with Gasteiger partial charge in [0, 0.05) is 42.5 Å². The minimum Gasteiger partial charge on any atom is -0.343 e. The summed E-state index contributed by atoms with van der Waals surface area (Å²) in [6, 6.07) is 8.55. The van der Waals surface area contributed by atoms with Gasteiger partial charge in [-0.15, -0.1) is 0 Å². The molecular weight excluding hydrogens is 255 g/mol. The van der Waals surface area contributed by atoms with E-state index < -0.39 is 0 Å². The summed E-state index contributed by atoms with van der Waals surface area (Å²) in [6.07, 6.45) is 1.70. The lowest BCUT2D eigenvalue weighted by molar-refractivity contribution is 0.631. The Morgan fingerprint density at radius 1 is 1.10 bits per heavy atom. The molecule has 20 heavy (non-hydrogen) atoms. The predicted molar refractivity (Wildman–Crippen MR) is 78.3 cm³/mol. The Kier molecular flexibility index (Phi) is 2.74. The maximum atomic E-state index is 14.0. The average molecular weight is 270 g/mol. The van der Waals surface area contributed by atoms with Gasteiger partial charge in [-0.2, -0.15) is 0 Å². The number of fused-ring (bicyclic) bond motifs is 1. The number of hydrogen-bond donors (Lipinski definition) is 0. The van der Waals surface area contributed by atoms with Crippen LogP contribution in [0.15, 0.2) is 41.3 Å². The minimum atomic E-state index is -0.283. The molecule has 0 aliphatic carbocycles. The first-order valence-corrected chi connectivity index (χ1v) is 6.41. The largest absolute Gasteiger partial charge is 0.343 e. The maximum absolute atomic E-state index is 14.0. The van der Waals surface area contributed by atoms with Gasteiger partial charge in [0.1, 0.15) is 11.3 Å². The van der Waals surface area contributed by atoms with Crippen LogP contribution in [-0.4, -0.2) is 9.13 Å². The summed E-state index contributed by atoms with van der Waals surface area (Å²) in [6.45, 7) is 1.94. The molecule has 0 spiro atoms. The fourth-order valence-corrected chi connectivity index (χ4v) is 2.58. The van der Waals surface area contributed by atoms with E-state index in [4.69, 9.17) is 0 Å². The zero-order chi connectivity index (χ0) is 14.4. The molecule has 0 N–H and O–H groups in total. The molecule has 0 saturated carbocycles. The third kappa shape index (κ3) is 1.68. The summed E-state index contributed by atoms with van der Waals surface area (Å²) < 4.78 is 17.4. The van der Waals surface area contributed by atoms with Gasteiger partial charge in [-0.1, -0.05) is 18.2 Å². The highest BCUT2D eigenvalue weighted by Gasteiger charge is 2.15. The van der Waals surface area contributed by atoms with Gasteiger partial charge in [-0.05, 0) is 19.1 Å². The zero-order valence-electron chi connectivity index (χ0n) is 11.6. The summed E-state index contributed by atoms with van der Waals surface area (Å²) in [5.74, 6) is -0.283. The number of aromatic nitrogens is 2. The first-order chi connectivity index (χ1) is 9.50. The van der Waals surface area contributed by atoms with Crippen LogP contribution in [0.1, 0.15) is 5.69 Å². The van der Waals surface area contributed by atoms with Crippen molar-refractivity contribution < 1.29 is 4.39 Å². The van der Waals surface area contributed by atoms with E-state index >= 15 is 0 Å².